The lowest BCUT2D eigenvalue weighted by Crippen LogP contribution is -2.60. The van der Waals surface area contributed by atoms with Crippen molar-refractivity contribution in [2.75, 3.05) is 6.54 Å². The summed E-state index contributed by atoms with van der Waals surface area (Å²) in [5.41, 5.74) is 1.15. The van der Waals surface area contributed by atoms with Gasteiger partial charge in [0.25, 0.3) is 5.76 Å². The summed E-state index contributed by atoms with van der Waals surface area (Å²) in [6.45, 7) is 1.20. The number of halogens is 1. The molecule has 1 aliphatic heterocycles. The quantitative estimate of drug-likeness (QED) is 0.687. The van der Waals surface area contributed by atoms with Crippen molar-refractivity contribution in [3.63, 3.8) is 0 Å². The minimum Gasteiger partial charge on any atom is -0.369 e. The van der Waals surface area contributed by atoms with Gasteiger partial charge in [0.2, 0.25) is 0 Å². The maximum Gasteiger partial charge on any atom is 0.287 e. The number of nitrogens with zero attached hydrogens (tertiary/aromatic N) is 1. The zero-order valence-corrected chi connectivity index (χ0v) is 10.2. The molecule has 0 radical (unpaired) electrons. The van der Waals surface area contributed by atoms with Crippen LogP contribution in [0, 0.1) is 10.2 Å². The van der Waals surface area contributed by atoms with Crippen molar-refractivity contribution >= 4 is 0 Å². The summed E-state index contributed by atoms with van der Waals surface area (Å²) in [5.74, 6) is 0.0518. The first kappa shape index (κ1) is 12.9. The Hall–Kier alpha value is -1.53. The van der Waals surface area contributed by atoms with E-state index in [1.54, 1.807) is 12.3 Å². The molecule has 2 rings (SSSR count). The summed E-state index contributed by atoms with van der Waals surface area (Å²) >= 11 is 0. The summed E-state index contributed by atoms with van der Waals surface area (Å²) in [7, 11) is -4.42. The molecule has 1 aromatic rings. The van der Waals surface area contributed by atoms with E-state index in [4.69, 9.17) is 0 Å². The molecular formula is C12H12ClNO4. The highest BCUT2D eigenvalue weighted by atomic mass is 35.7. The lowest BCUT2D eigenvalue weighted by atomic mass is 10.2. The highest BCUT2D eigenvalue weighted by molar-refractivity contribution is 5.19. The second-order valence-electron chi connectivity index (χ2n) is 3.79. The van der Waals surface area contributed by atoms with Crippen LogP contribution in [0.5, 0.6) is 0 Å². The first-order chi connectivity index (χ1) is 8.53. The van der Waals surface area contributed by atoms with Gasteiger partial charge in [0.1, 0.15) is 10.2 Å². The first-order valence-electron chi connectivity index (χ1n) is 5.30. The molecule has 0 N–H and O–H groups in total. The number of rotatable bonds is 4. The normalized spacial score (nSPS) is 15.5. The van der Waals surface area contributed by atoms with Crippen molar-refractivity contribution in [3.05, 3.63) is 60.0 Å². The third kappa shape index (κ3) is 4.05. The molecule has 18 heavy (non-hydrogen) atoms. The van der Waals surface area contributed by atoms with Crippen LogP contribution in [0.25, 0.3) is 0 Å². The summed E-state index contributed by atoms with van der Waals surface area (Å²) in [6, 6.07) is 9.86. The van der Waals surface area contributed by atoms with Crippen LogP contribution in [0.4, 0.5) is 0 Å². The van der Waals surface area contributed by atoms with Crippen LogP contribution in [0.2, 0.25) is 0 Å². The molecule has 0 atom stereocenters. The molecule has 1 aliphatic rings. The average Bonchev–Trinajstić information content (AvgIpc) is 2.31. The molecule has 0 aliphatic carbocycles. The van der Waals surface area contributed by atoms with Crippen molar-refractivity contribution in [2.45, 2.75) is 6.54 Å². The minimum absolute atomic E-state index is 0.0518. The zero-order valence-electron chi connectivity index (χ0n) is 9.49. The van der Waals surface area contributed by atoms with Gasteiger partial charge in [0.15, 0.2) is 0 Å². The van der Waals surface area contributed by atoms with Gasteiger partial charge in [-0.25, -0.2) is 0 Å². The molecule has 0 spiro atoms. The molecular weight excluding hydrogens is 258 g/mol. The maximum atomic E-state index is 10.4. The van der Waals surface area contributed by atoms with E-state index in [0.29, 0.717) is 13.1 Å². The van der Waals surface area contributed by atoms with Crippen molar-refractivity contribution in [2.24, 2.45) is 0 Å². The Labute approximate surface area is 107 Å². The number of allylic oxidation sites excluding steroid dienone is 1. The molecule has 6 heteroatoms. The van der Waals surface area contributed by atoms with Crippen LogP contribution in [0.3, 0.4) is 0 Å². The Morgan fingerprint density at radius 3 is 2.44 bits per heavy atom. The molecule has 0 saturated heterocycles. The van der Waals surface area contributed by atoms with E-state index in [2.05, 4.69) is 4.29 Å². The molecule has 0 amide bonds. The Kier molecular flexibility index (Phi) is 3.88. The van der Waals surface area contributed by atoms with Gasteiger partial charge in [-0.2, -0.15) is 14.0 Å². The maximum absolute atomic E-state index is 10.4. The smallest absolute Gasteiger partial charge is 0.287 e. The lowest BCUT2D eigenvalue weighted by molar-refractivity contribution is -1.92. The summed E-state index contributed by atoms with van der Waals surface area (Å²) in [4.78, 5) is 1.97. The van der Waals surface area contributed by atoms with Crippen LogP contribution >= 0.6 is 0 Å². The van der Waals surface area contributed by atoms with E-state index in [0.717, 1.165) is 5.56 Å². The van der Waals surface area contributed by atoms with E-state index in [-0.39, 0.29) is 5.76 Å². The second-order valence-corrected chi connectivity index (χ2v) is 4.70. The van der Waals surface area contributed by atoms with E-state index < -0.39 is 10.2 Å². The highest BCUT2D eigenvalue weighted by Gasteiger charge is 2.21. The van der Waals surface area contributed by atoms with Crippen molar-refractivity contribution < 1.29 is 28.5 Å². The molecule has 0 bridgehead atoms. The Balaban J connectivity index is 1.89. The summed E-state index contributed by atoms with van der Waals surface area (Å²) in [5, 5.41) is 0. The Morgan fingerprint density at radius 2 is 1.89 bits per heavy atom. The molecule has 96 valence electrons. The van der Waals surface area contributed by atoms with Crippen LogP contribution in [-0.4, -0.2) is 11.4 Å². The van der Waals surface area contributed by atoms with Crippen LogP contribution in [0.15, 0.2) is 54.4 Å². The number of hydrogen-bond donors (Lipinski definition) is 0. The van der Waals surface area contributed by atoms with Gasteiger partial charge in [0.05, 0.1) is 0 Å². The van der Waals surface area contributed by atoms with E-state index in [1.165, 1.54) is 6.08 Å². The molecule has 0 fully saturated rings. The number of hydrogen-bond acceptors (Lipinski definition) is 5. The van der Waals surface area contributed by atoms with E-state index >= 15 is 0 Å². The highest BCUT2D eigenvalue weighted by Crippen LogP contribution is 2.13. The molecule has 0 aromatic heterocycles. The Morgan fingerprint density at radius 1 is 1.17 bits per heavy atom. The van der Waals surface area contributed by atoms with Gasteiger partial charge in [0, 0.05) is 25.4 Å². The topological polar surface area (TPSA) is 81.6 Å². The van der Waals surface area contributed by atoms with Crippen LogP contribution in [-0.2, 0) is 10.8 Å². The molecule has 1 aromatic carbocycles. The monoisotopic (exact) mass is 269 g/mol. The van der Waals surface area contributed by atoms with Gasteiger partial charge in [-0.1, -0.05) is 34.6 Å². The minimum atomic E-state index is -4.42. The fraction of sp³-hybridized carbons (Fsp3) is 0.167. The summed E-state index contributed by atoms with van der Waals surface area (Å²) in [6.07, 6.45) is 4.70. The van der Waals surface area contributed by atoms with Crippen molar-refractivity contribution in [1.29, 1.82) is 0 Å². The van der Waals surface area contributed by atoms with Gasteiger partial charge in [-0.05, 0) is 11.6 Å². The lowest BCUT2D eigenvalue weighted by Gasteiger charge is -2.22. The third-order valence-corrected chi connectivity index (χ3v) is 2.76. The Bertz CT molecular complexity index is 453. The van der Waals surface area contributed by atoms with Crippen LogP contribution in [0.1, 0.15) is 5.56 Å². The van der Waals surface area contributed by atoms with E-state index in [1.807, 2.05) is 35.2 Å². The van der Waals surface area contributed by atoms with Gasteiger partial charge >= 0.3 is 0 Å². The predicted molar refractivity (Wildman–Crippen MR) is 55.2 cm³/mol. The van der Waals surface area contributed by atoms with E-state index in [9.17, 15) is 14.0 Å². The summed E-state index contributed by atoms with van der Waals surface area (Å²) < 4.78 is 35.3. The fourth-order valence-electron chi connectivity index (χ4n) is 1.62. The van der Waals surface area contributed by atoms with Gasteiger partial charge < -0.3 is 4.90 Å². The molecule has 0 saturated carbocycles. The SMILES string of the molecule is [O-][Cl+3]([O-])([O-])OC1=CCN(Cc2ccccc2)C=C1. The second kappa shape index (κ2) is 5.41. The van der Waals surface area contributed by atoms with Gasteiger partial charge in [-0.3, -0.25) is 0 Å². The molecule has 5 nitrogen and oxygen atoms in total. The standard InChI is InChI=1S/C12H12ClNO4/c15-13(16,17)18-12-6-8-14(9-7-12)10-11-4-2-1-3-5-11/h1-8H,9-10H2. The van der Waals surface area contributed by atoms with Gasteiger partial charge in [-0.15, -0.1) is 0 Å². The zero-order chi connectivity index (χ0) is 13.0. The molecule has 1 heterocycles. The van der Waals surface area contributed by atoms with Crippen molar-refractivity contribution in [1.82, 2.24) is 4.90 Å². The largest absolute Gasteiger partial charge is 0.369 e. The fourth-order valence-corrected chi connectivity index (χ4v) is 1.95. The first-order valence-corrected chi connectivity index (χ1v) is 6.53. The average molecular weight is 270 g/mol. The van der Waals surface area contributed by atoms with Crippen molar-refractivity contribution in [3.8, 4) is 0 Å². The predicted octanol–water partition coefficient (Wildman–Crippen LogP) is -1.19. The molecule has 0 unspecified atom stereocenters. The third-order valence-electron chi connectivity index (χ3n) is 2.39. The van der Waals surface area contributed by atoms with Crippen LogP contribution < -0.4 is 14.0 Å². The number of benzene rings is 1.